The summed E-state index contributed by atoms with van der Waals surface area (Å²) in [6.45, 7) is 0.681. The summed E-state index contributed by atoms with van der Waals surface area (Å²) in [4.78, 5) is 14.1. The van der Waals surface area contributed by atoms with Gasteiger partial charge < -0.3 is 10.6 Å². The molecule has 1 amide bonds. The Bertz CT molecular complexity index is 455. The number of hydrogen-bond donors (Lipinski definition) is 1. The van der Waals surface area contributed by atoms with Crippen LogP contribution in [-0.4, -0.2) is 24.4 Å². The number of benzene rings is 1. The van der Waals surface area contributed by atoms with Crippen molar-refractivity contribution in [3.8, 4) is 0 Å². The van der Waals surface area contributed by atoms with Crippen LogP contribution in [0.4, 0.5) is 4.39 Å². The highest BCUT2D eigenvalue weighted by Crippen LogP contribution is 2.38. The molecule has 2 rings (SSSR count). The highest BCUT2D eigenvalue weighted by atomic mass is 19.1. The molecule has 0 heterocycles. The van der Waals surface area contributed by atoms with E-state index >= 15 is 0 Å². The van der Waals surface area contributed by atoms with E-state index in [4.69, 9.17) is 5.73 Å². The first-order valence-corrected chi connectivity index (χ1v) is 6.78. The lowest BCUT2D eigenvalue weighted by molar-refractivity contribution is -0.140. The molecular weight excluding hydrogens is 243 g/mol. The molecule has 2 N–H and O–H groups in total. The molecule has 1 aliphatic carbocycles. The first kappa shape index (κ1) is 14.0. The van der Waals surface area contributed by atoms with Crippen LogP contribution in [0.25, 0.3) is 0 Å². The summed E-state index contributed by atoms with van der Waals surface area (Å²) in [5.41, 5.74) is 5.94. The van der Waals surface area contributed by atoms with E-state index in [-0.39, 0.29) is 11.7 Å². The maximum atomic E-state index is 13.6. The van der Waals surface area contributed by atoms with Gasteiger partial charge in [-0.05, 0) is 18.9 Å². The van der Waals surface area contributed by atoms with Crippen LogP contribution in [0.2, 0.25) is 0 Å². The second-order valence-electron chi connectivity index (χ2n) is 5.44. The van der Waals surface area contributed by atoms with Crippen LogP contribution in [0, 0.1) is 11.2 Å². The van der Waals surface area contributed by atoms with Crippen LogP contribution < -0.4 is 5.73 Å². The number of nitrogens with zero attached hydrogens (tertiary/aromatic N) is 1. The average molecular weight is 264 g/mol. The topological polar surface area (TPSA) is 46.3 Å². The summed E-state index contributed by atoms with van der Waals surface area (Å²) >= 11 is 0. The molecule has 1 fully saturated rings. The second kappa shape index (κ2) is 5.70. The molecule has 0 unspecified atom stereocenters. The zero-order valence-electron chi connectivity index (χ0n) is 11.4. The number of nitrogens with two attached hydrogens (primary N) is 1. The quantitative estimate of drug-likeness (QED) is 0.907. The second-order valence-corrected chi connectivity index (χ2v) is 5.44. The van der Waals surface area contributed by atoms with Gasteiger partial charge in [-0.25, -0.2) is 4.39 Å². The molecule has 0 spiro atoms. The summed E-state index contributed by atoms with van der Waals surface area (Å²) < 4.78 is 13.6. The number of hydrogen-bond acceptors (Lipinski definition) is 2. The Morgan fingerprint density at radius 3 is 2.58 bits per heavy atom. The minimum atomic E-state index is -0.417. The molecule has 4 heteroatoms. The van der Waals surface area contributed by atoms with E-state index < -0.39 is 5.41 Å². The van der Waals surface area contributed by atoms with Crippen molar-refractivity contribution in [2.24, 2.45) is 11.1 Å². The molecule has 1 saturated carbocycles. The third-order valence-corrected chi connectivity index (χ3v) is 4.12. The van der Waals surface area contributed by atoms with Gasteiger partial charge in [-0.2, -0.15) is 0 Å². The Hall–Kier alpha value is -1.42. The third-order valence-electron chi connectivity index (χ3n) is 4.12. The number of carbonyl (C=O) groups is 1. The van der Waals surface area contributed by atoms with Gasteiger partial charge >= 0.3 is 0 Å². The predicted molar refractivity (Wildman–Crippen MR) is 72.8 cm³/mol. The average Bonchev–Trinajstić information content (AvgIpc) is 2.90. The third kappa shape index (κ3) is 2.78. The lowest BCUT2D eigenvalue weighted by Crippen LogP contribution is -2.44. The summed E-state index contributed by atoms with van der Waals surface area (Å²) in [5, 5.41) is 0. The SMILES string of the molecule is CN(Cc1ccccc1F)C(=O)C1(CN)CCCC1. The van der Waals surface area contributed by atoms with Crippen molar-refractivity contribution in [3.05, 3.63) is 35.6 Å². The van der Waals surface area contributed by atoms with E-state index in [1.165, 1.54) is 6.07 Å². The van der Waals surface area contributed by atoms with Gasteiger partial charge in [-0.3, -0.25) is 4.79 Å². The summed E-state index contributed by atoms with van der Waals surface area (Å²) in [6, 6.07) is 6.56. The van der Waals surface area contributed by atoms with Crippen LogP contribution >= 0.6 is 0 Å². The lowest BCUT2D eigenvalue weighted by atomic mass is 9.84. The maximum Gasteiger partial charge on any atom is 0.230 e. The van der Waals surface area contributed by atoms with Crippen molar-refractivity contribution in [3.63, 3.8) is 0 Å². The van der Waals surface area contributed by atoms with E-state index in [1.54, 1.807) is 30.1 Å². The van der Waals surface area contributed by atoms with Gasteiger partial charge in [-0.1, -0.05) is 31.0 Å². The minimum Gasteiger partial charge on any atom is -0.341 e. The minimum absolute atomic E-state index is 0.0516. The molecule has 3 nitrogen and oxygen atoms in total. The Morgan fingerprint density at radius 1 is 1.37 bits per heavy atom. The first-order valence-electron chi connectivity index (χ1n) is 6.78. The molecule has 0 atom stereocenters. The van der Waals surface area contributed by atoms with Gasteiger partial charge in [0.05, 0.1) is 5.41 Å². The zero-order chi connectivity index (χ0) is 13.9. The standard InChI is InChI=1S/C15H21FN2O/c1-18(10-12-6-2-3-7-13(12)16)14(19)15(11-17)8-4-5-9-15/h2-3,6-7H,4-5,8-11,17H2,1H3. The maximum absolute atomic E-state index is 13.6. The van der Waals surface area contributed by atoms with Gasteiger partial charge in [0, 0.05) is 25.7 Å². The van der Waals surface area contributed by atoms with Crippen molar-refractivity contribution in [2.45, 2.75) is 32.2 Å². The molecule has 0 aliphatic heterocycles. The molecule has 104 valence electrons. The van der Waals surface area contributed by atoms with Crippen LogP contribution in [0.1, 0.15) is 31.2 Å². The summed E-state index contributed by atoms with van der Waals surface area (Å²) in [6.07, 6.45) is 3.81. The van der Waals surface area contributed by atoms with E-state index in [1.807, 2.05) is 0 Å². The number of amides is 1. The molecule has 0 aromatic heterocycles. The van der Waals surface area contributed by atoms with Crippen LogP contribution in [0.15, 0.2) is 24.3 Å². The largest absolute Gasteiger partial charge is 0.341 e. The molecule has 1 aliphatic rings. The van der Waals surface area contributed by atoms with Crippen molar-refractivity contribution in [1.82, 2.24) is 4.90 Å². The van der Waals surface area contributed by atoms with Crippen molar-refractivity contribution in [2.75, 3.05) is 13.6 Å². The molecule has 0 bridgehead atoms. The molecule has 0 saturated heterocycles. The monoisotopic (exact) mass is 264 g/mol. The van der Waals surface area contributed by atoms with Crippen molar-refractivity contribution < 1.29 is 9.18 Å². The van der Waals surface area contributed by atoms with Crippen LogP contribution in [-0.2, 0) is 11.3 Å². The predicted octanol–water partition coefficient (Wildman–Crippen LogP) is 2.30. The lowest BCUT2D eigenvalue weighted by Gasteiger charge is -2.31. The van der Waals surface area contributed by atoms with E-state index in [0.717, 1.165) is 25.7 Å². The van der Waals surface area contributed by atoms with E-state index in [2.05, 4.69) is 0 Å². The van der Waals surface area contributed by atoms with Gasteiger partial charge in [0.25, 0.3) is 0 Å². The Balaban J connectivity index is 2.09. The van der Waals surface area contributed by atoms with Gasteiger partial charge in [0.15, 0.2) is 0 Å². The summed E-state index contributed by atoms with van der Waals surface area (Å²) in [5.74, 6) is -0.217. The fourth-order valence-electron chi connectivity index (χ4n) is 2.92. The van der Waals surface area contributed by atoms with Gasteiger partial charge in [0.1, 0.15) is 5.82 Å². The van der Waals surface area contributed by atoms with Crippen LogP contribution in [0.5, 0.6) is 0 Å². The smallest absolute Gasteiger partial charge is 0.230 e. The Kier molecular flexibility index (Phi) is 4.20. The van der Waals surface area contributed by atoms with E-state index in [9.17, 15) is 9.18 Å². The molecule has 1 aromatic rings. The number of carbonyl (C=O) groups excluding carboxylic acids is 1. The molecule has 19 heavy (non-hydrogen) atoms. The van der Waals surface area contributed by atoms with Crippen molar-refractivity contribution in [1.29, 1.82) is 0 Å². The number of rotatable bonds is 4. The van der Waals surface area contributed by atoms with Gasteiger partial charge in [0.2, 0.25) is 5.91 Å². The molecular formula is C15H21FN2O. The Morgan fingerprint density at radius 2 is 2.00 bits per heavy atom. The van der Waals surface area contributed by atoms with E-state index in [0.29, 0.717) is 18.7 Å². The normalized spacial score (nSPS) is 17.4. The fourth-order valence-corrected chi connectivity index (χ4v) is 2.92. The molecule has 0 radical (unpaired) electrons. The molecule has 1 aromatic carbocycles. The van der Waals surface area contributed by atoms with Gasteiger partial charge in [-0.15, -0.1) is 0 Å². The fraction of sp³-hybridized carbons (Fsp3) is 0.533. The number of halogens is 1. The van der Waals surface area contributed by atoms with Crippen molar-refractivity contribution >= 4 is 5.91 Å². The highest BCUT2D eigenvalue weighted by Gasteiger charge is 2.41. The highest BCUT2D eigenvalue weighted by molar-refractivity contribution is 5.83. The first-order chi connectivity index (χ1) is 9.09. The summed E-state index contributed by atoms with van der Waals surface area (Å²) in [7, 11) is 1.73. The Labute approximate surface area is 113 Å². The van der Waals surface area contributed by atoms with Crippen LogP contribution in [0.3, 0.4) is 0 Å². The zero-order valence-corrected chi connectivity index (χ0v) is 11.4.